The van der Waals surface area contributed by atoms with Gasteiger partial charge in [-0.3, -0.25) is 4.79 Å². The van der Waals surface area contributed by atoms with Crippen molar-refractivity contribution in [2.45, 2.75) is 6.54 Å². The average Bonchev–Trinajstić information content (AvgIpc) is 2.85. The van der Waals surface area contributed by atoms with Crippen LogP contribution in [0.5, 0.6) is 0 Å². The third-order valence-electron chi connectivity index (χ3n) is 5.97. The number of amides is 1. The molecule has 1 aromatic heterocycles. The lowest BCUT2D eigenvalue weighted by molar-refractivity contribution is -0.921. The minimum Gasteiger partial charge on any atom is -0.422 e. The Hall–Kier alpha value is -3.74. The van der Waals surface area contributed by atoms with Crippen LogP contribution in [0.4, 0.5) is 5.69 Å². The van der Waals surface area contributed by atoms with E-state index in [2.05, 4.69) is 17.4 Å². The highest BCUT2D eigenvalue weighted by Gasteiger charge is 2.14. The zero-order valence-electron chi connectivity index (χ0n) is 18.2. The summed E-state index contributed by atoms with van der Waals surface area (Å²) in [5.41, 5.74) is 3.85. The molecule has 0 saturated carbocycles. The Morgan fingerprint density at radius 1 is 0.909 bits per heavy atom. The molecular formula is C27H25N2O4+. The van der Waals surface area contributed by atoms with Gasteiger partial charge in [-0.25, -0.2) is 4.79 Å². The molecule has 0 aliphatic carbocycles. The Morgan fingerprint density at radius 2 is 1.64 bits per heavy atom. The molecule has 1 amide bonds. The Morgan fingerprint density at radius 3 is 2.39 bits per heavy atom. The van der Waals surface area contributed by atoms with Gasteiger partial charge in [-0.2, -0.15) is 0 Å². The number of carbonyl (C=O) groups is 1. The van der Waals surface area contributed by atoms with Gasteiger partial charge < -0.3 is 19.4 Å². The molecule has 1 fully saturated rings. The van der Waals surface area contributed by atoms with Crippen molar-refractivity contribution in [3.05, 3.63) is 100 Å². The van der Waals surface area contributed by atoms with Crippen molar-refractivity contribution in [2.24, 2.45) is 0 Å². The third kappa shape index (κ3) is 4.87. The van der Waals surface area contributed by atoms with Crippen molar-refractivity contribution >= 4 is 22.6 Å². The SMILES string of the molecule is O=C(Nc1ccc(C[NH+]2CCOCC2)cc1)c1ccc(-c2cc3ccccc3oc2=O)cc1. The van der Waals surface area contributed by atoms with Crippen LogP contribution in [-0.2, 0) is 11.3 Å². The van der Waals surface area contributed by atoms with Crippen LogP contribution in [0.25, 0.3) is 22.1 Å². The molecule has 2 N–H and O–H groups in total. The topological polar surface area (TPSA) is 73.0 Å². The van der Waals surface area contributed by atoms with E-state index in [0.717, 1.165) is 43.9 Å². The minimum absolute atomic E-state index is 0.196. The molecule has 1 aliphatic rings. The van der Waals surface area contributed by atoms with Crippen molar-refractivity contribution in [1.82, 2.24) is 0 Å². The second kappa shape index (κ2) is 9.40. The Kier molecular flexibility index (Phi) is 6.02. The van der Waals surface area contributed by atoms with Gasteiger partial charge in [0.2, 0.25) is 0 Å². The summed E-state index contributed by atoms with van der Waals surface area (Å²) in [6.45, 7) is 4.63. The number of carbonyl (C=O) groups excluding carboxylic acids is 1. The van der Waals surface area contributed by atoms with Crippen molar-refractivity contribution in [3.8, 4) is 11.1 Å². The molecule has 33 heavy (non-hydrogen) atoms. The highest BCUT2D eigenvalue weighted by molar-refractivity contribution is 6.04. The summed E-state index contributed by atoms with van der Waals surface area (Å²) in [6.07, 6.45) is 0. The molecule has 1 saturated heterocycles. The summed E-state index contributed by atoms with van der Waals surface area (Å²) in [6, 6.07) is 24.2. The van der Waals surface area contributed by atoms with E-state index < -0.39 is 5.63 Å². The Balaban J connectivity index is 1.26. The van der Waals surface area contributed by atoms with Crippen molar-refractivity contribution in [3.63, 3.8) is 0 Å². The lowest BCUT2D eigenvalue weighted by Crippen LogP contribution is -3.12. The minimum atomic E-state index is -0.398. The smallest absolute Gasteiger partial charge is 0.344 e. The molecule has 0 bridgehead atoms. The first-order valence-corrected chi connectivity index (χ1v) is 11.1. The largest absolute Gasteiger partial charge is 0.422 e. The van der Waals surface area contributed by atoms with Crippen LogP contribution in [0.15, 0.2) is 88.1 Å². The molecule has 6 heteroatoms. The zero-order chi connectivity index (χ0) is 22.6. The number of quaternary nitrogens is 1. The summed E-state index contributed by atoms with van der Waals surface area (Å²) in [7, 11) is 0. The number of hydrogen-bond donors (Lipinski definition) is 2. The summed E-state index contributed by atoms with van der Waals surface area (Å²) in [5.74, 6) is -0.196. The van der Waals surface area contributed by atoms with Crippen LogP contribution in [0.2, 0.25) is 0 Å². The molecule has 0 spiro atoms. The third-order valence-corrected chi connectivity index (χ3v) is 5.97. The first kappa shape index (κ1) is 21.1. The summed E-state index contributed by atoms with van der Waals surface area (Å²) in [4.78, 5) is 26.6. The van der Waals surface area contributed by atoms with Crippen LogP contribution >= 0.6 is 0 Å². The highest BCUT2D eigenvalue weighted by Crippen LogP contribution is 2.22. The van der Waals surface area contributed by atoms with E-state index in [1.54, 1.807) is 30.3 Å². The summed E-state index contributed by atoms with van der Waals surface area (Å²) >= 11 is 0. The second-order valence-corrected chi connectivity index (χ2v) is 8.25. The number of anilines is 1. The fourth-order valence-corrected chi connectivity index (χ4v) is 4.10. The molecular weight excluding hydrogens is 416 g/mol. The van der Waals surface area contributed by atoms with Gasteiger partial charge in [-0.1, -0.05) is 42.5 Å². The van der Waals surface area contributed by atoms with E-state index in [0.29, 0.717) is 22.3 Å². The quantitative estimate of drug-likeness (QED) is 0.467. The Bertz CT molecular complexity index is 1320. The maximum atomic E-state index is 12.7. The zero-order valence-corrected chi connectivity index (χ0v) is 18.2. The number of fused-ring (bicyclic) bond motifs is 1. The maximum absolute atomic E-state index is 12.7. The number of ether oxygens (including phenoxy) is 1. The van der Waals surface area contributed by atoms with Gasteiger partial charge in [-0.05, 0) is 42.0 Å². The maximum Gasteiger partial charge on any atom is 0.344 e. The molecule has 0 unspecified atom stereocenters. The molecule has 6 nitrogen and oxygen atoms in total. The van der Waals surface area contributed by atoms with Crippen molar-refractivity contribution in [1.29, 1.82) is 0 Å². The van der Waals surface area contributed by atoms with Gasteiger partial charge in [-0.15, -0.1) is 0 Å². The van der Waals surface area contributed by atoms with E-state index >= 15 is 0 Å². The van der Waals surface area contributed by atoms with Gasteiger partial charge >= 0.3 is 5.63 Å². The number of hydrogen-bond acceptors (Lipinski definition) is 4. The summed E-state index contributed by atoms with van der Waals surface area (Å²) in [5, 5.41) is 3.79. The van der Waals surface area contributed by atoms with Gasteiger partial charge in [0.05, 0.1) is 18.8 Å². The number of benzene rings is 3. The monoisotopic (exact) mass is 441 g/mol. The van der Waals surface area contributed by atoms with Gasteiger partial charge in [0.25, 0.3) is 5.91 Å². The number of rotatable bonds is 5. The Labute approximate surface area is 191 Å². The molecule has 3 aromatic carbocycles. The summed E-state index contributed by atoms with van der Waals surface area (Å²) < 4.78 is 10.8. The van der Waals surface area contributed by atoms with Gasteiger partial charge in [0.1, 0.15) is 25.2 Å². The van der Waals surface area contributed by atoms with Gasteiger partial charge in [0.15, 0.2) is 0 Å². The standard InChI is InChI=1S/C27H24N2O4/c30-26(28-23-11-5-19(6-12-23)18-29-13-15-32-16-14-29)21-9-7-20(8-10-21)24-17-22-3-1-2-4-25(22)33-27(24)31/h1-12,17H,13-16,18H2,(H,28,30)/p+1. The molecule has 2 heterocycles. The average molecular weight is 442 g/mol. The number of nitrogens with one attached hydrogen (secondary N) is 2. The number of para-hydroxylation sites is 1. The molecule has 166 valence electrons. The lowest BCUT2D eigenvalue weighted by atomic mass is 10.0. The van der Waals surface area contributed by atoms with E-state index in [-0.39, 0.29) is 5.91 Å². The molecule has 0 radical (unpaired) electrons. The van der Waals surface area contributed by atoms with Gasteiger partial charge in [0, 0.05) is 22.2 Å². The van der Waals surface area contributed by atoms with E-state index in [4.69, 9.17) is 9.15 Å². The molecule has 1 aliphatic heterocycles. The van der Waals surface area contributed by atoms with Crippen molar-refractivity contribution in [2.75, 3.05) is 31.6 Å². The van der Waals surface area contributed by atoms with E-state index in [1.165, 1.54) is 10.5 Å². The van der Waals surface area contributed by atoms with Crippen LogP contribution in [-0.4, -0.2) is 32.2 Å². The van der Waals surface area contributed by atoms with Crippen molar-refractivity contribution < 1.29 is 18.8 Å². The van der Waals surface area contributed by atoms with E-state index in [1.807, 2.05) is 36.4 Å². The highest BCUT2D eigenvalue weighted by atomic mass is 16.5. The molecule has 0 atom stereocenters. The second-order valence-electron chi connectivity index (χ2n) is 8.25. The van der Waals surface area contributed by atoms with Crippen LogP contribution in [0.1, 0.15) is 15.9 Å². The number of morpholine rings is 1. The van der Waals surface area contributed by atoms with Crippen LogP contribution in [0.3, 0.4) is 0 Å². The van der Waals surface area contributed by atoms with Crippen LogP contribution in [0, 0.1) is 0 Å². The van der Waals surface area contributed by atoms with Crippen LogP contribution < -0.4 is 15.8 Å². The molecule has 5 rings (SSSR count). The predicted molar refractivity (Wildman–Crippen MR) is 128 cm³/mol. The normalized spacial score (nSPS) is 14.3. The fourth-order valence-electron chi connectivity index (χ4n) is 4.10. The molecule has 4 aromatic rings. The lowest BCUT2D eigenvalue weighted by Gasteiger charge is -2.23. The predicted octanol–water partition coefficient (Wildman–Crippen LogP) is 3.13. The van der Waals surface area contributed by atoms with E-state index in [9.17, 15) is 9.59 Å². The fraction of sp³-hybridized carbons (Fsp3) is 0.185. The first-order chi connectivity index (χ1) is 16.2. The first-order valence-electron chi connectivity index (χ1n) is 11.1.